The van der Waals surface area contributed by atoms with Crippen molar-refractivity contribution in [1.82, 2.24) is 19.9 Å². The summed E-state index contributed by atoms with van der Waals surface area (Å²) in [6.07, 6.45) is 6.00. The smallest absolute Gasteiger partial charge is 0.253 e. The van der Waals surface area contributed by atoms with Gasteiger partial charge in [-0.25, -0.2) is 4.68 Å². The minimum Gasteiger partial charge on any atom is -0.339 e. The third-order valence-corrected chi connectivity index (χ3v) is 4.50. The maximum Gasteiger partial charge on any atom is 0.253 e. The number of amides is 1. The number of hydrogen-bond acceptors (Lipinski definition) is 3. The molecule has 21 heavy (non-hydrogen) atoms. The largest absolute Gasteiger partial charge is 0.339 e. The highest BCUT2D eigenvalue weighted by atomic mass is 16.2. The van der Waals surface area contributed by atoms with E-state index in [2.05, 4.69) is 10.3 Å². The van der Waals surface area contributed by atoms with E-state index in [1.165, 1.54) is 19.3 Å². The molecule has 5 nitrogen and oxygen atoms in total. The van der Waals surface area contributed by atoms with Gasteiger partial charge in [0.05, 0.1) is 5.52 Å². The zero-order valence-electron chi connectivity index (χ0n) is 12.7. The topological polar surface area (TPSA) is 51.0 Å². The lowest BCUT2D eigenvalue weighted by molar-refractivity contribution is 0.0696. The number of aromatic nitrogens is 3. The summed E-state index contributed by atoms with van der Waals surface area (Å²) >= 11 is 0. The van der Waals surface area contributed by atoms with Gasteiger partial charge in [-0.2, -0.15) is 0 Å². The fraction of sp³-hybridized carbons (Fsp3) is 0.562. The minimum absolute atomic E-state index is 0.0925. The fourth-order valence-corrected chi connectivity index (χ4v) is 3.18. The monoisotopic (exact) mass is 286 g/mol. The van der Waals surface area contributed by atoms with Crippen LogP contribution < -0.4 is 0 Å². The highest BCUT2D eigenvalue weighted by molar-refractivity contribution is 5.97. The molecule has 5 heteroatoms. The van der Waals surface area contributed by atoms with Gasteiger partial charge in [0.1, 0.15) is 5.52 Å². The number of nitrogens with zero attached hydrogens (tertiary/aromatic N) is 4. The van der Waals surface area contributed by atoms with E-state index in [0.717, 1.165) is 30.4 Å². The van der Waals surface area contributed by atoms with Gasteiger partial charge in [-0.3, -0.25) is 4.79 Å². The molecule has 1 heterocycles. The Labute approximate surface area is 124 Å². The highest BCUT2D eigenvalue weighted by Gasteiger charge is 2.23. The molecule has 1 amide bonds. The van der Waals surface area contributed by atoms with Crippen LogP contribution in [0.4, 0.5) is 0 Å². The Balaban J connectivity index is 1.83. The van der Waals surface area contributed by atoms with Crippen molar-refractivity contribution < 1.29 is 4.79 Å². The standard InChI is InChI=1S/C16H22N4O/c1-3-20-15-10-9-12(11-14(15)17-18-20)16(21)19(2)13-7-5-4-6-8-13/h9-11,13H,3-8H2,1-2H3. The first-order valence-electron chi connectivity index (χ1n) is 7.81. The van der Waals surface area contributed by atoms with Crippen molar-refractivity contribution in [3.8, 4) is 0 Å². The summed E-state index contributed by atoms with van der Waals surface area (Å²) in [5, 5.41) is 8.24. The Morgan fingerprint density at radius 1 is 1.33 bits per heavy atom. The van der Waals surface area contributed by atoms with Crippen LogP contribution in [0.3, 0.4) is 0 Å². The van der Waals surface area contributed by atoms with Gasteiger partial charge in [0.15, 0.2) is 0 Å². The molecular weight excluding hydrogens is 264 g/mol. The van der Waals surface area contributed by atoms with Gasteiger partial charge in [0, 0.05) is 25.2 Å². The molecule has 0 aliphatic heterocycles. The SMILES string of the molecule is CCn1nnc2cc(C(=O)N(C)C3CCCCC3)ccc21. The second-order valence-electron chi connectivity index (χ2n) is 5.82. The summed E-state index contributed by atoms with van der Waals surface area (Å²) in [4.78, 5) is 14.5. The Kier molecular flexibility index (Phi) is 3.90. The van der Waals surface area contributed by atoms with E-state index >= 15 is 0 Å². The quantitative estimate of drug-likeness (QED) is 0.871. The Bertz CT molecular complexity index is 643. The highest BCUT2D eigenvalue weighted by Crippen LogP contribution is 2.23. The summed E-state index contributed by atoms with van der Waals surface area (Å²) in [7, 11) is 1.92. The first-order chi connectivity index (χ1) is 10.2. The second kappa shape index (κ2) is 5.84. The van der Waals surface area contributed by atoms with E-state index < -0.39 is 0 Å². The Hall–Kier alpha value is -1.91. The molecule has 1 fully saturated rings. The van der Waals surface area contributed by atoms with Crippen molar-refractivity contribution in [2.45, 2.75) is 51.6 Å². The summed E-state index contributed by atoms with van der Waals surface area (Å²) in [6.45, 7) is 2.82. The van der Waals surface area contributed by atoms with Gasteiger partial charge in [0.25, 0.3) is 5.91 Å². The zero-order valence-corrected chi connectivity index (χ0v) is 12.7. The van der Waals surface area contributed by atoms with Crippen molar-refractivity contribution in [3.05, 3.63) is 23.8 Å². The van der Waals surface area contributed by atoms with Crippen LogP contribution in [0.1, 0.15) is 49.4 Å². The first kappa shape index (κ1) is 14.0. The average Bonchev–Trinajstić information content (AvgIpc) is 2.96. The van der Waals surface area contributed by atoms with E-state index in [9.17, 15) is 4.79 Å². The summed E-state index contributed by atoms with van der Waals surface area (Å²) < 4.78 is 1.84. The fourth-order valence-electron chi connectivity index (χ4n) is 3.18. The lowest BCUT2D eigenvalue weighted by atomic mass is 9.94. The number of rotatable bonds is 3. The molecule has 1 aliphatic rings. The third kappa shape index (κ3) is 2.64. The van der Waals surface area contributed by atoms with Gasteiger partial charge < -0.3 is 4.90 Å². The first-order valence-corrected chi connectivity index (χ1v) is 7.81. The van der Waals surface area contributed by atoms with Crippen LogP contribution in [-0.2, 0) is 6.54 Å². The molecule has 1 saturated carbocycles. The van der Waals surface area contributed by atoms with Gasteiger partial charge in [-0.15, -0.1) is 5.10 Å². The molecule has 0 spiro atoms. The number of fused-ring (bicyclic) bond motifs is 1. The van der Waals surface area contributed by atoms with E-state index in [1.54, 1.807) is 0 Å². The van der Waals surface area contributed by atoms with Crippen molar-refractivity contribution in [3.63, 3.8) is 0 Å². The number of carbonyl (C=O) groups is 1. The summed E-state index contributed by atoms with van der Waals surface area (Å²) in [6, 6.07) is 6.07. The van der Waals surface area contributed by atoms with Crippen LogP contribution in [0.15, 0.2) is 18.2 Å². The van der Waals surface area contributed by atoms with E-state index in [4.69, 9.17) is 0 Å². The summed E-state index contributed by atoms with van der Waals surface area (Å²) in [5.74, 6) is 0.0925. The van der Waals surface area contributed by atoms with Gasteiger partial charge in [-0.1, -0.05) is 24.5 Å². The van der Waals surface area contributed by atoms with E-state index in [1.807, 2.05) is 41.8 Å². The van der Waals surface area contributed by atoms with Crippen LogP contribution in [0, 0.1) is 0 Å². The predicted octanol–water partition coefficient (Wildman–Crippen LogP) is 2.86. The Morgan fingerprint density at radius 2 is 2.10 bits per heavy atom. The lowest BCUT2D eigenvalue weighted by Crippen LogP contribution is -2.38. The molecule has 1 aliphatic carbocycles. The molecule has 112 valence electrons. The van der Waals surface area contributed by atoms with Crippen molar-refractivity contribution in [2.75, 3.05) is 7.05 Å². The molecule has 0 saturated heterocycles. The van der Waals surface area contributed by atoms with Gasteiger partial charge in [-0.05, 0) is 38.0 Å². The molecule has 2 aromatic rings. The third-order valence-electron chi connectivity index (χ3n) is 4.50. The second-order valence-corrected chi connectivity index (χ2v) is 5.82. The molecule has 0 radical (unpaired) electrons. The minimum atomic E-state index is 0.0925. The molecule has 0 unspecified atom stereocenters. The molecule has 0 N–H and O–H groups in total. The van der Waals surface area contributed by atoms with Crippen molar-refractivity contribution in [1.29, 1.82) is 0 Å². The van der Waals surface area contributed by atoms with Crippen LogP contribution in [0.5, 0.6) is 0 Å². The lowest BCUT2D eigenvalue weighted by Gasteiger charge is -2.31. The van der Waals surface area contributed by atoms with Crippen molar-refractivity contribution in [2.24, 2.45) is 0 Å². The molecule has 0 atom stereocenters. The van der Waals surface area contributed by atoms with Crippen LogP contribution in [0.2, 0.25) is 0 Å². The van der Waals surface area contributed by atoms with Crippen LogP contribution in [0.25, 0.3) is 11.0 Å². The molecule has 3 rings (SSSR count). The number of aryl methyl sites for hydroxylation is 1. The molecule has 0 bridgehead atoms. The average molecular weight is 286 g/mol. The number of benzene rings is 1. The number of carbonyl (C=O) groups excluding carboxylic acids is 1. The molecule has 1 aromatic heterocycles. The molecular formula is C16H22N4O. The van der Waals surface area contributed by atoms with Gasteiger partial charge in [0.2, 0.25) is 0 Å². The molecule has 1 aromatic carbocycles. The zero-order chi connectivity index (χ0) is 14.8. The Morgan fingerprint density at radius 3 is 2.81 bits per heavy atom. The summed E-state index contributed by atoms with van der Waals surface area (Å²) in [5.41, 5.74) is 2.48. The maximum absolute atomic E-state index is 12.6. The van der Waals surface area contributed by atoms with E-state index in [-0.39, 0.29) is 5.91 Å². The van der Waals surface area contributed by atoms with Crippen LogP contribution in [-0.4, -0.2) is 38.9 Å². The maximum atomic E-state index is 12.6. The van der Waals surface area contributed by atoms with Crippen LogP contribution >= 0.6 is 0 Å². The normalized spacial score (nSPS) is 16.3. The number of hydrogen-bond donors (Lipinski definition) is 0. The van der Waals surface area contributed by atoms with Gasteiger partial charge >= 0.3 is 0 Å². The van der Waals surface area contributed by atoms with E-state index in [0.29, 0.717) is 11.6 Å². The van der Waals surface area contributed by atoms with Crippen molar-refractivity contribution >= 4 is 16.9 Å². The predicted molar refractivity (Wildman–Crippen MR) is 82.2 cm³/mol.